The molecule has 138 valence electrons. The summed E-state index contributed by atoms with van der Waals surface area (Å²) in [6.07, 6.45) is 22.7. The summed E-state index contributed by atoms with van der Waals surface area (Å²) in [5.41, 5.74) is 3.88. The van der Waals surface area contributed by atoms with Crippen LogP contribution in [0, 0.1) is 0 Å². The van der Waals surface area contributed by atoms with Crippen molar-refractivity contribution in [3.63, 3.8) is 0 Å². The standard InChI is InChI=1S/C24H37P/c1-5-13-21(14-6-1)24(19-11-4-12-20-24)25(22-15-7-2-8-16-22)23-17-9-3-10-18-23/h1,5-6,13-14,22-23H,2-4,7-12,15-20H2. The molecule has 1 aromatic carbocycles. The number of benzene rings is 1. The number of rotatable bonds is 4. The third-order valence-electron chi connectivity index (χ3n) is 7.42. The average molecular weight is 357 g/mol. The van der Waals surface area contributed by atoms with Crippen molar-refractivity contribution in [1.82, 2.24) is 0 Å². The number of hydrogen-bond acceptors (Lipinski definition) is 0. The van der Waals surface area contributed by atoms with Crippen LogP contribution < -0.4 is 0 Å². The van der Waals surface area contributed by atoms with E-state index in [-0.39, 0.29) is 7.92 Å². The highest BCUT2D eigenvalue weighted by atomic mass is 31.1. The normalized spacial score (nSPS) is 26.0. The highest BCUT2D eigenvalue weighted by Crippen LogP contribution is 2.71. The molecule has 0 bridgehead atoms. The van der Waals surface area contributed by atoms with E-state index in [0.717, 1.165) is 11.3 Å². The van der Waals surface area contributed by atoms with Crippen LogP contribution >= 0.6 is 7.92 Å². The molecule has 0 aromatic heterocycles. The Morgan fingerprint density at radius 2 is 1.08 bits per heavy atom. The monoisotopic (exact) mass is 356 g/mol. The van der Waals surface area contributed by atoms with Gasteiger partial charge in [-0.15, -0.1) is 0 Å². The Hall–Kier alpha value is -0.350. The molecule has 0 N–H and O–H groups in total. The van der Waals surface area contributed by atoms with Crippen molar-refractivity contribution in [2.24, 2.45) is 0 Å². The van der Waals surface area contributed by atoms with E-state index in [4.69, 9.17) is 0 Å². The minimum atomic E-state index is 0.124. The van der Waals surface area contributed by atoms with Crippen LogP contribution in [-0.2, 0) is 5.16 Å². The molecule has 3 aliphatic carbocycles. The second kappa shape index (κ2) is 8.56. The average Bonchev–Trinajstić information content (AvgIpc) is 2.71. The SMILES string of the molecule is c1ccc(C2(P(C3CCCCC3)C3CCCCC3)CCCCC2)cc1. The van der Waals surface area contributed by atoms with Crippen LogP contribution in [-0.4, -0.2) is 11.3 Å². The van der Waals surface area contributed by atoms with E-state index in [1.54, 1.807) is 31.2 Å². The predicted molar refractivity (Wildman–Crippen MR) is 112 cm³/mol. The van der Waals surface area contributed by atoms with Crippen molar-refractivity contribution in [3.05, 3.63) is 35.9 Å². The number of hydrogen-bond donors (Lipinski definition) is 0. The van der Waals surface area contributed by atoms with Crippen molar-refractivity contribution in [2.45, 2.75) is 113 Å². The van der Waals surface area contributed by atoms with E-state index in [2.05, 4.69) is 30.3 Å². The second-order valence-electron chi connectivity index (χ2n) is 8.95. The van der Waals surface area contributed by atoms with Gasteiger partial charge in [0.1, 0.15) is 0 Å². The summed E-state index contributed by atoms with van der Waals surface area (Å²) in [5, 5.41) is 0.568. The summed E-state index contributed by atoms with van der Waals surface area (Å²) in [6, 6.07) is 11.9. The molecular formula is C24H37P. The van der Waals surface area contributed by atoms with Crippen LogP contribution in [0.5, 0.6) is 0 Å². The zero-order valence-corrected chi connectivity index (χ0v) is 17.0. The molecule has 0 unspecified atom stereocenters. The maximum atomic E-state index is 2.51. The zero-order chi connectivity index (χ0) is 17.0. The summed E-state index contributed by atoms with van der Waals surface area (Å²) in [5.74, 6) is 0. The molecule has 3 fully saturated rings. The van der Waals surface area contributed by atoms with Crippen LogP contribution in [0.2, 0.25) is 0 Å². The third kappa shape index (κ3) is 3.85. The second-order valence-corrected chi connectivity index (χ2v) is 12.1. The Kier molecular flexibility index (Phi) is 6.17. The summed E-state index contributed by atoms with van der Waals surface area (Å²) < 4.78 is 0. The molecule has 0 radical (unpaired) electrons. The van der Waals surface area contributed by atoms with Gasteiger partial charge in [0.05, 0.1) is 0 Å². The van der Waals surface area contributed by atoms with Crippen LogP contribution in [0.4, 0.5) is 0 Å². The van der Waals surface area contributed by atoms with Gasteiger partial charge in [-0.05, 0) is 55.4 Å². The lowest BCUT2D eigenvalue weighted by atomic mass is 9.83. The van der Waals surface area contributed by atoms with Gasteiger partial charge in [-0.2, -0.15) is 0 Å². The van der Waals surface area contributed by atoms with Crippen molar-refractivity contribution in [2.75, 3.05) is 0 Å². The molecule has 3 saturated carbocycles. The topological polar surface area (TPSA) is 0 Å². The summed E-state index contributed by atoms with van der Waals surface area (Å²) in [7, 11) is 0.124. The predicted octanol–water partition coefficient (Wildman–Crippen LogP) is 7.99. The first-order valence-corrected chi connectivity index (χ1v) is 12.7. The molecule has 0 aliphatic heterocycles. The van der Waals surface area contributed by atoms with Crippen LogP contribution in [0.1, 0.15) is 102 Å². The highest BCUT2D eigenvalue weighted by molar-refractivity contribution is 7.60. The fourth-order valence-corrected chi connectivity index (χ4v) is 11.4. The Balaban J connectivity index is 1.72. The molecule has 0 saturated heterocycles. The van der Waals surface area contributed by atoms with E-state index < -0.39 is 0 Å². The van der Waals surface area contributed by atoms with Crippen LogP contribution in [0.3, 0.4) is 0 Å². The lowest BCUT2D eigenvalue weighted by Gasteiger charge is -2.53. The molecule has 0 spiro atoms. The molecule has 0 atom stereocenters. The Morgan fingerprint density at radius 3 is 1.60 bits per heavy atom. The minimum Gasteiger partial charge on any atom is -0.0894 e. The van der Waals surface area contributed by atoms with E-state index in [0.29, 0.717) is 5.16 Å². The molecular weight excluding hydrogens is 319 g/mol. The molecule has 0 nitrogen and oxygen atoms in total. The summed E-state index contributed by atoms with van der Waals surface area (Å²) in [4.78, 5) is 0. The van der Waals surface area contributed by atoms with E-state index >= 15 is 0 Å². The molecule has 4 rings (SSSR count). The van der Waals surface area contributed by atoms with Crippen molar-refractivity contribution in [1.29, 1.82) is 0 Å². The molecule has 1 aromatic rings. The van der Waals surface area contributed by atoms with E-state index in [9.17, 15) is 0 Å². The Morgan fingerprint density at radius 1 is 0.600 bits per heavy atom. The van der Waals surface area contributed by atoms with Gasteiger partial charge < -0.3 is 0 Å². The van der Waals surface area contributed by atoms with Gasteiger partial charge in [0, 0.05) is 5.16 Å². The smallest absolute Gasteiger partial charge is 0.0159 e. The van der Waals surface area contributed by atoms with Crippen molar-refractivity contribution in [3.8, 4) is 0 Å². The van der Waals surface area contributed by atoms with Crippen LogP contribution in [0.15, 0.2) is 30.3 Å². The van der Waals surface area contributed by atoms with Crippen molar-refractivity contribution < 1.29 is 0 Å². The van der Waals surface area contributed by atoms with E-state index in [1.165, 1.54) is 70.6 Å². The van der Waals surface area contributed by atoms with Gasteiger partial charge in [-0.1, -0.05) is 96.0 Å². The largest absolute Gasteiger partial charge is 0.0894 e. The maximum Gasteiger partial charge on any atom is 0.0159 e. The van der Waals surface area contributed by atoms with E-state index in [1.807, 2.05) is 0 Å². The quantitative estimate of drug-likeness (QED) is 0.479. The van der Waals surface area contributed by atoms with Gasteiger partial charge in [0.15, 0.2) is 0 Å². The molecule has 0 heterocycles. The van der Waals surface area contributed by atoms with Crippen molar-refractivity contribution >= 4 is 7.92 Å². The first kappa shape index (κ1) is 18.0. The Bertz CT molecular complexity index is 486. The third-order valence-corrected chi connectivity index (χ3v) is 11.7. The Labute approximate surface area is 156 Å². The van der Waals surface area contributed by atoms with Gasteiger partial charge in [0.25, 0.3) is 0 Å². The zero-order valence-electron chi connectivity index (χ0n) is 16.1. The van der Waals surface area contributed by atoms with Crippen LogP contribution in [0.25, 0.3) is 0 Å². The maximum absolute atomic E-state index is 2.51. The summed E-state index contributed by atoms with van der Waals surface area (Å²) >= 11 is 0. The lowest BCUT2D eigenvalue weighted by Crippen LogP contribution is -2.36. The fraction of sp³-hybridized carbons (Fsp3) is 0.750. The first-order chi connectivity index (χ1) is 12.4. The fourth-order valence-electron chi connectivity index (χ4n) is 6.30. The van der Waals surface area contributed by atoms with Gasteiger partial charge in [0.2, 0.25) is 0 Å². The molecule has 25 heavy (non-hydrogen) atoms. The first-order valence-electron chi connectivity index (χ1n) is 11.2. The molecule has 1 heteroatoms. The minimum absolute atomic E-state index is 0.124. The summed E-state index contributed by atoms with van der Waals surface area (Å²) in [6.45, 7) is 0. The van der Waals surface area contributed by atoms with Gasteiger partial charge in [-0.25, -0.2) is 0 Å². The molecule has 3 aliphatic rings. The molecule has 0 amide bonds. The highest BCUT2D eigenvalue weighted by Gasteiger charge is 2.47. The van der Waals surface area contributed by atoms with Gasteiger partial charge >= 0.3 is 0 Å². The lowest BCUT2D eigenvalue weighted by molar-refractivity contribution is 0.381. The van der Waals surface area contributed by atoms with Gasteiger partial charge in [-0.3, -0.25) is 0 Å².